The molecule has 1 aliphatic heterocycles. The first kappa shape index (κ1) is 20.2. The number of nitrogens with one attached hydrogen (secondary N) is 1. The Labute approximate surface area is 175 Å². The van der Waals surface area contributed by atoms with E-state index < -0.39 is 0 Å². The number of piperidine rings is 1. The summed E-state index contributed by atoms with van der Waals surface area (Å²) in [7, 11) is 0. The van der Waals surface area contributed by atoms with Gasteiger partial charge in [-0.15, -0.1) is 0 Å². The van der Waals surface area contributed by atoms with Gasteiger partial charge in [-0.25, -0.2) is 0 Å². The fourth-order valence-electron chi connectivity index (χ4n) is 4.77. The quantitative estimate of drug-likeness (QED) is 0.713. The summed E-state index contributed by atoms with van der Waals surface area (Å²) in [4.78, 5) is 15.4. The zero-order valence-electron chi connectivity index (χ0n) is 17.8. The lowest BCUT2D eigenvalue weighted by atomic mass is 9.88. The summed E-state index contributed by atoms with van der Waals surface area (Å²) in [6.07, 6.45) is 9.82. The van der Waals surface area contributed by atoms with Crippen LogP contribution < -0.4 is 5.32 Å². The largest absolute Gasteiger partial charge is 0.345 e. The molecule has 1 amide bonds. The monoisotopic (exact) mass is 390 g/mol. The van der Waals surface area contributed by atoms with Gasteiger partial charge in [-0.1, -0.05) is 43.7 Å². The molecule has 0 bridgehead atoms. The average molecular weight is 391 g/mol. The van der Waals surface area contributed by atoms with E-state index in [1.165, 1.54) is 80.3 Å². The Kier molecular flexibility index (Phi) is 6.66. The van der Waals surface area contributed by atoms with Crippen LogP contribution in [0.1, 0.15) is 84.1 Å². The summed E-state index contributed by atoms with van der Waals surface area (Å²) < 4.78 is 0. The fourth-order valence-corrected chi connectivity index (χ4v) is 4.77. The predicted octanol–water partition coefficient (Wildman–Crippen LogP) is 5.43. The van der Waals surface area contributed by atoms with E-state index in [1.807, 2.05) is 12.1 Å². The van der Waals surface area contributed by atoms with E-state index in [2.05, 4.69) is 47.5 Å². The highest BCUT2D eigenvalue weighted by atomic mass is 16.1. The van der Waals surface area contributed by atoms with Crippen molar-refractivity contribution >= 4 is 5.91 Å². The molecule has 154 valence electrons. The molecule has 29 heavy (non-hydrogen) atoms. The second kappa shape index (κ2) is 9.58. The molecule has 1 aliphatic carbocycles. The standard InChI is InChI=1S/C26H34N2O/c1-2-25(24-15-14-21-8-4-5-9-23(21)18-24)27-26(29)22-12-10-20(11-13-22)19-28-16-6-3-7-17-28/h10-15,18,25H,2-9,16-17,19H2,1H3,(H,27,29). The molecule has 1 N–H and O–H groups in total. The van der Waals surface area contributed by atoms with Crippen molar-refractivity contribution in [3.63, 3.8) is 0 Å². The Bertz CT molecular complexity index is 821. The highest BCUT2D eigenvalue weighted by Crippen LogP contribution is 2.26. The van der Waals surface area contributed by atoms with Crippen LogP contribution >= 0.6 is 0 Å². The maximum Gasteiger partial charge on any atom is 0.251 e. The van der Waals surface area contributed by atoms with Gasteiger partial charge in [0.25, 0.3) is 5.91 Å². The van der Waals surface area contributed by atoms with Gasteiger partial charge in [0, 0.05) is 12.1 Å². The highest BCUT2D eigenvalue weighted by Gasteiger charge is 2.17. The molecule has 0 radical (unpaired) electrons. The molecule has 3 heteroatoms. The van der Waals surface area contributed by atoms with Crippen molar-refractivity contribution in [1.29, 1.82) is 0 Å². The second-order valence-electron chi connectivity index (χ2n) is 8.70. The van der Waals surface area contributed by atoms with E-state index in [0.717, 1.165) is 18.5 Å². The third-order valence-corrected chi connectivity index (χ3v) is 6.56. The van der Waals surface area contributed by atoms with Gasteiger partial charge >= 0.3 is 0 Å². The summed E-state index contributed by atoms with van der Waals surface area (Å²) in [5.74, 6) is 0.0269. The van der Waals surface area contributed by atoms with Crippen molar-refractivity contribution < 1.29 is 4.79 Å². The van der Waals surface area contributed by atoms with Gasteiger partial charge in [-0.3, -0.25) is 9.69 Å². The zero-order valence-corrected chi connectivity index (χ0v) is 17.8. The smallest absolute Gasteiger partial charge is 0.251 e. The molecular formula is C26H34N2O. The Hall–Kier alpha value is -2.13. The number of carbonyl (C=O) groups excluding carboxylic acids is 1. The molecule has 1 fully saturated rings. The van der Waals surface area contributed by atoms with Crippen LogP contribution in [0, 0.1) is 0 Å². The number of benzene rings is 2. The maximum atomic E-state index is 12.9. The van der Waals surface area contributed by atoms with Crippen LogP contribution in [-0.2, 0) is 19.4 Å². The van der Waals surface area contributed by atoms with E-state index in [-0.39, 0.29) is 11.9 Å². The van der Waals surface area contributed by atoms with Gasteiger partial charge in [0.05, 0.1) is 6.04 Å². The first-order chi connectivity index (χ1) is 14.2. The molecule has 0 spiro atoms. The molecule has 1 atom stereocenters. The molecule has 1 heterocycles. The first-order valence-corrected chi connectivity index (χ1v) is 11.5. The van der Waals surface area contributed by atoms with Crippen molar-refractivity contribution in [3.05, 3.63) is 70.3 Å². The minimum atomic E-state index is 0.0269. The van der Waals surface area contributed by atoms with Crippen molar-refractivity contribution in [2.75, 3.05) is 13.1 Å². The predicted molar refractivity (Wildman–Crippen MR) is 119 cm³/mol. The van der Waals surface area contributed by atoms with Crippen molar-refractivity contribution in [1.82, 2.24) is 10.2 Å². The normalized spacial score (nSPS) is 18.1. The van der Waals surface area contributed by atoms with Gasteiger partial charge in [0.2, 0.25) is 0 Å². The van der Waals surface area contributed by atoms with Crippen LogP contribution in [0.3, 0.4) is 0 Å². The van der Waals surface area contributed by atoms with E-state index in [0.29, 0.717) is 0 Å². The molecule has 1 unspecified atom stereocenters. The van der Waals surface area contributed by atoms with E-state index >= 15 is 0 Å². The number of hydrogen-bond donors (Lipinski definition) is 1. The summed E-state index contributed by atoms with van der Waals surface area (Å²) in [6, 6.07) is 15.1. The number of amides is 1. The minimum Gasteiger partial charge on any atom is -0.345 e. The number of carbonyl (C=O) groups is 1. The number of hydrogen-bond acceptors (Lipinski definition) is 2. The molecular weight excluding hydrogens is 356 g/mol. The molecule has 3 nitrogen and oxygen atoms in total. The van der Waals surface area contributed by atoms with Gasteiger partial charge in [0.15, 0.2) is 0 Å². The van der Waals surface area contributed by atoms with Gasteiger partial charge in [-0.05, 0) is 92.4 Å². The van der Waals surface area contributed by atoms with Crippen LogP contribution in [0.2, 0.25) is 0 Å². The Morgan fingerprint density at radius 1 is 0.931 bits per heavy atom. The van der Waals surface area contributed by atoms with Crippen LogP contribution in [0.5, 0.6) is 0 Å². The number of likely N-dealkylation sites (tertiary alicyclic amines) is 1. The van der Waals surface area contributed by atoms with Crippen molar-refractivity contribution in [2.24, 2.45) is 0 Å². The van der Waals surface area contributed by atoms with Crippen molar-refractivity contribution in [2.45, 2.75) is 70.9 Å². The molecule has 2 aliphatic rings. The lowest BCUT2D eigenvalue weighted by molar-refractivity contribution is 0.0935. The topological polar surface area (TPSA) is 32.3 Å². The number of rotatable bonds is 6. The van der Waals surface area contributed by atoms with Crippen molar-refractivity contribution in [3.8, 4) is 0 Å². The third-order valence-electron chi connectivity index (χ3n) is 6.56. The van der Waals surface area contributed by atoms with Crippen LogP contribution in [0.25, 0.3) is 0 Å². The van der Waals surface area contributed by atoms with Crippen LogP contribution in [-0.4, -0.2) is 23.9 Å². The van der Waals surface area contributed by atoms with Gasteiger partial charge < -0.3 is 5.32 Å². The first-order valence-electron chi connectivity index (χ1n) is 11.5. The lowest BCUT2D eigenvalue weighted by Gasteiger charge is -2.26. The molecule has 1 saturated heterocycles. The van der Waals surface area contributed by atoms with Crippen LogP contribution in [0.4, 0.5) is 0 Å². The number of fused-ring (bicyclic) bond motifs is 1. The summed E-state index contributed by atoms with van der Waals surface area (Å²) in [5, 5.41) is 3.26. The highest BCUT2D eigenvalue weighted by molar-refractivity contribution is 5.94. The number of nitrogens with zero attached hydrogens (tertiary/aromatic N) is 1. The molecule has 4 rings (SSSR count). The summed E-state index contributed by atoms with van der Waals surface area (Å²) in [6.45, 7) is 5.53. The molecule has 2 aromatic rings. The summed E-state index contributed by atoms with van der Waals surface area (Å²) in [5.41, 5.74) is 6.26. The van der Waals surface area contributed by atoms with Gasteiger partial charge in [-0.2, -0.15) is 0 Å². The fraction of sp³-hybridized carbons (Fsp3) is 0.500. The zero-order chi connectivity index (χ0) is 20.1. The molecule has 2 aromatic carbocycles. The van der Waals surface area contributed by atoms with Crippen LogP contribution in [0.15, 0.2) is 42.5 Å². The van der Waals surface area contributed by atoms with Gasteiger partial charge in [0.1, 0.15) is 0 Å². The minimum absolute atomic E-state index is 0.0269. The maximum absolute atomic E-state index is 12.9. The Balaban J connectivity index is 1.39. The Morgan fingerprint density at radius 2 is 1.66 bits per heavy atom. The van der Waals surface area contributed by atoms with E-state index in [9.17, 15) is 4.79 Å². The SMILES string of the molecule is CCC(NC(=O)c1ccc(CN2CCCCC2)cc1)c1ccc2c(c1)CCCC2. The molecule has 0 saturated carbocycles. The Morgan fingerprint density at radius 3 is 2.38 bits per heavy atom. The average Bonchev–Trinajstić information content (AvgIpc) is 2.78. The third kappa shape index (κ3) is 5.08. The second-order valence-corrected chi connectivity index (χ2v) is 8.70. The lowest BCUT2D eigenvalue weighted by Crippen LogP contribution is -2.29. The summed E-state index contributed by atoms with van der Waals surface area (Å²) >= 11 is 0. The molecule has 0 aromatic heterocycles. The van der Waals surface area contributed by atoms with E-state index in [4.69, 9.17) is 0 Å². The van der Waals surface area contributed by atoms with E-state index in [1.54, 1.807) is 0 Å². The number of aryl methyl sites for hydroxylation is 2.